The summed E-state index contributed by atoms with van der Waals surface area (Å²) < 4.78 is 91.8. The van der Waals surface area contributed by atoms with Crippen LogP contribution >= 0.6 is 0 Å². The number of carbonyl (C=O) groups excluding carboxylic acids is 2. The van der Waals surface area contributed by atoms with Gasteiger partial charge in [0.25, 0.3) is 5.91 Å². The molecule has 0 aliphatic rings. The van der Waals surface area contributed by atoms with Crippen molar-refractivity contribution in [3.05, 3.63) is 24.0 Å². The SMILES string of the molecule is CCNC(=O)c1cc[n+](CCNS(=O)(=O)C(F)(F)F)nc1.O=C([O-])C(F)(F)F. The second-order valence-corrected chi connectivity index (χ2v) is 6.43. The fraction of sp³-hybridized carbons (Fsp3) is 0.500. The maximum Gasteiger partial charge on any atom is 0.511 e. The summed E-state index contributed by atoms with van der Waals surface area (Å²) in [6, 6.07) is 1.43. The molecule has 0 saturated heterocycles. The molecule has 0 bridgehead atoms. The normalized spacial score (nSPS) is 12.0. The third kappa shape index (κ3) is 8.94. The fourth-order valence-corrected chi connectivity index (χ4v) is 1.81. The highest BCUT2D eigenvalue weighted by Gasteiger charge is 2.45. The Labute approximate surface area is 154 Å². The Bertz CT molecular complexity index is 764. The first-order valence-electron chi connectivity index (χ1n) is 7.10. The summed E-state index contributed by atoms with van der Waals surface area (Å²) in [5.41, 5.74) is -5.04. The number of aromatic nitrogens is 2. The molecule has 0 aliphatic heterocycles. The lowest BCUT2D eigenvalue weighted by Crippen LogP contribution is -2.45. The van der Waals surface area contributed by atoms with Crippen molar-refractivity contribution in [3.8, 4) is 0 Å². The van der Waals surface area contributed by atoms with Crippen LogP contribution in [0.1, 0.15) is 17.3 Å². The number of alkyl halides is 6. The average molecular weight is 440 g/mol. The number of amides is 1. The molecule has 0 atom stereocenters. The van der Waals surface area contributed by atoms with Crippen molar-refractivity contribution in [1.29, 1.82) is 0 Å². The van der Waals surface area contributed by atoms with Gasteiger partial charge >= 0.3 is 21.7 Å². The van der Waals surface area contributed by atoms with E-state index in [1.54, 1.807) is 6.92 Å². The quantitative estimate of drug-likeness (QED) is 0.425. The Hall–Kier alpha value is -2.49. The minimum Gasteiger partial charge on any atom is -0.542 e. The van der Waals surface area contributed by atoms with E-state index in [2.05, 4.69) is 10.4 Å². The third-order valence-electron chi connectivity index (χ3n) is 2.54. The maximum atomic E-state index is 12.1. The van der Waals surface area contributed by atoms with Crippen molar-refractivity contribution in [1.82, 2.24) is 15.1 Å². The molecule has 160 valence electrons. The summed E-state index contributed by atoms with van der Waals surface area (Å²) in [5.74, 6) is -3.33. The minimum atomic E-state index is -5.35. The summed E-state index contributed by atoms with van der Waals surface area (Å²) >= 11 is 0. The van der Waals surface area contributed by atoms with Crippen LogP contribution in [0.5, 0.6) is 0 Å². The van der Waals surface area contributed by atoms with E-state index in [1.165, 1.54) is 27.9 Å². The van der Waals surface area contributed by atoms with Crippen molar-refractivity contribution >= 4 is 21.9 Å². The van der Waals surface area contributed by atoms with Crippen molar-refractivity contribution in [2.75, 3.05) is 13.1 Å². The monoisotopic (exact) mass is 440 g/mol. The highest BCUT2D eigenvalue weighted by atomic mass is 32.2. The first-order chi connectivity index (χ1) is 12.6. The molecule has 1 aromatic rings. The van der Waals surface area contributed by atoms with E-state index >= 15 is 0 Å². The number of hydrogen-bond donors (Lipinski definition) is 2. The van der Waals surface area contributed by atoms with Crippen LogP contribution in [0.25, 0.3) is 0 Å². The number of rotatable bonds is 6. The van der Waals surface area contributed by atoms with Crippen LogP contribution in [-0.2, 0) is 21.4 Å². The Morgan fingerprint density at radius 3 is 2.11 bits per heavy atom. The van der Waals surface area contributed by atoms with Crippen LogP contribution in [0.4, 0.5) is 26.3 Å². The number of carboxylic acids is 1. The Balaban J connectivity index is 0.000000887. The first kappa shape index (κ1) is 25.5. The van der Waals surface area contributed by atoms with E-state index in [9.17, 15) is 39.6 Å². The minimum absolute atomic E-state index is 0.106. The number of hydrogen-bond acceptors (Lipinski definition) is 6. The van der Waals surface area contributed by atoms with Crippen molar-refractivity contribution in [2.45, 2.75) is 25.2 Å². The van der Waals surface area contributed by atoms with E-state index in [0.29, 0.717) is 12.1 Å². The number of halogens is 6. The van der Waals surface area contributed by atoms with Crippen molar-refractivity contribution in [2.24, 2.45) is 0 Å². The topological polar surface area (TPSA) is 132 Å². The molecule has 0 unspecified atom stereocenters. The van der Waals surface area contributed by atoms with Gasteiger partial charge in [-0.1, -0.05) is 4.68 Å². The van der Waals surface area contributed by atoms with Gasteiger partial charge in [0.1, 0.15) is 12.2 Å². The number of sulfonamides is 1. The smallest absolute Gasteiger partial charge is 0.511 e. The molecule has 0 aliphatic carbocycles. The first-order valence-corrected chi connectivity index (χ1v) is 8.58. The van der Waals surface area contributed by atoms with Gasteiger partial charge in [-0.25, -0.2) is 13.1 Å². The van der Waals surface area contributed by atoms with Crippen LogP contribution in [0.15, 0.2) is 18.5 Å². The fourth-order valence-electron chi connectivity index (χ4n) is 1.29. The lowest BCUT2D eigenvalue weighted by Gasteiger charge is -2.07. The van der Waals surface area contributed by atoms with E-state index < -0.39 is 34.2 Å². The number of nitrogens with one attached hydrogen (secondary N) is 2. The zero-order valence-corrected chi connectivity index (χ0v) is 14.8. The lowest BCUT2D eigenvalue weighted by atomic mass is 10.3. The highest BCUT2D eigenvalue weighted by Crippen LogP contribution is 2.21. The van der Waals surface area contributed by atoms with Gasteiger partial charge < -0.3 is 15.2 Å². The second-order valence-electron chi connectivity index (χ2n) is 4.67. The molecule has 0 spiro atoms. The molecule has 1 amide bonds. The summed E-state index contributed by atoms with van der Waals surface area (Å²) in [4.78, 5) is 20.2. The van der Waals surface area contributed by atoms with Gasteiger partial charge in [-0.3, -0.25) is 4.79 Å². The zero-order valence-electron chi connectivity index (χ0n) is 14.0. The van der Waals surface area contributed by atoms with Gasteiger partial charge in [-0.05, 0) is 12.0 Å². The second kappa shape index (κ2) is 10.2. The van der Waals surface area contributed by atoms with Crippen molar-refractivity contribution < 1.29 is 54.1 Å². The molecule has 1 heterocycles. The van der Waals surface area contributed by atoms with Gasteiger partial charge in [0, 0.05) is 12.6 Å². The molecule has 0 aromatic carbocycles. The van der Waals surface area contributed by atoms with Crippen LogP contribution < -0.4 is 19.8 Å². The largest absolute Gasteiger partial charge is 0.542 e. The van der Waals surface area contributed by atoms with Gasteiger partial charge in [-0.2, -0.15) is 26.3 Å². The van der Waals surface area contributed by atoms with Crippen LogP contribution in [0, 0.1) is 0 Å². The third-order valence-corrected chi connectivity index (χ3v) is 3.73. The van der Waals surface area contributed by atoms with E-state index in [4.69, 9.17) is 9.90 Å². The zero-order chi connectivity index (χ0) is 22.2. The van der Waals surface area contributed by atoms with Gasteiger partial charge in [0.05, 0.1) is 12.1 Å². The molecule has 2 N–H and O–H groups in total. The molecule has 0 fully saturated rings. The summed E-state index contributed by atoms with van der Waals surface area (Å²) in [6.45, 7) is 1.62. The molecule has 1 aromatic heterocycles. The van der Waals surface area contributed by atoms with Crippen molar-refractivity contribution in [3.63, 3.8) is 0 Å². The maximum absolute atomic E-state index is 12.1. The number of nitrogens with zero attached hydrogens (tertiary/aromatic N) is 2. The molecule has 28 heavy (non-hydrogen) atoms. The van der Waals surface area contributed by atoms with Crippen LogP contribution in [-0.4, -0.2) is 50.2 Å². The summed E-state index contributed by atoms with van der Waals surface area (Å²) in [5, 5.41) is 15.1. The molecule has 16 heteroatoms. The van der Waals surface area contributed by atoms with E-state index in [0.717, 1.165) is 0 Å². The molecular weight excluding hydrogens is 426 g/mol. The standard InChI is InChI=1S/C10H13F3N4O3S.C2HF3O2/c1-2-14-9(18)8-3-5-17(15-7-8)6-4-16-21(19,20)10(11,12)13;3-2(4,5)1(6)7/h3,5,7,16H,2,4,6H2,1H3;(H,6,7). The summed E-state index contributed by atoms with van der Waals surface area (Å²) in [7, 11) is -5.35. The molecule has 1 rings (SSSR count). The number of carbonyl (C=O) groups is 2. The molecule has 0 saturated carbocycles. The predicted molar refractivity (Wildman–Crippen MR) is 76.5 cm³/mol. The summed E-state index contributed by atoms with van der Waals surface area (Å²) in [6.07, 6.45) is -2.59. The van der Waals surface area contributed by atoms with E-state index in [-0.39, 0.29) is 12.5 Å². The average Bonchev–Trinajstić information content (AvgIpc) is 2.54. The molecular formula is C12H14F6N4O5S. The number of carboxylic acid groups (broad SMARTS) is 1. The van der Waals surface area contributed by atoms with E-state index in [1.807, 2.05) is 0 Å². The Morgan fingerprint density at radius 2 is 1.75 bits per heavy atom. The Morgan fingerprint density at radius 1 is 1.21 bits per heavy atom. The van der Waals surface area contributed by atoms with Crippen LogP contribution in [0.3, 0.4) is 0 Å². The van der Waals surface area contributed by atoms with Gasteiger partial charge in [-0.15, -0.1) is 0 Å². The van der Waals surface area contributed by atoms with Gasteiger partial charge in [0.2, 0.25) is 0 Å². The highest BCUT2D eigenvalue weighted by molar-refractivity contribution is 7.90. The lowest BCUT2D eigenvalue weighted by molar-refractivity contribution is -0.752. The van der Waals surface area contributed by atoms with Crippen LogP contribution in [0.2, 0.25) is 0 Å². The predicted octanol–water partition coefficient (Wildman–Crippen LogP) is -1.14. The molecule has 9 nitrogen and oxygen atoms in total. The molecule has 0 radical (unpaired) electrons. The number of aliphatic carboxylic acids is 1. The Kier molecular flexibility index (Phi) is 9.26. The van der Waals surface area contributed by atoms with Gasteiger partial charge in [0.15, 0.2) is 12.7 Å².